The first kappa shape index (κ1) is 19.2. The van der Waals surface area contributed by atoms with Crippen molar-refractivity contribution in [1.29, 1.82) is 0 Å². The minimum Gasteiger partial charge on any atom is -0.496 e. The molecule has 2 aromatic carbocycles. The number of carbonyl (C=O) groups excluding carboxylic acids is 1. The molecule has 0 aliphatic carbocycles. The minimum atomic E-state index is -0.371. The van der Waals surface area contributed by atoms with Crippen molar-refractivity contribution in [2.75, 3.05) is 31.4 Å². The highest BCUT2D eigenvalue weighted by Crippen LogP contribution is 2.18. The summed E-state index contributed by atoms with van der Waals surface area (Å²) in [6.45, 7) is 0.713. The van der Waals surface area contributed by atoms with E-state index in [0.717, 1.165) is 29.2 Å². The number of esters is 1. The molecule has 0 fully saturated rings. The molecular formula is C21H22N4O3. The van der Waals surface area contributed by atoms with Gasteiger partial charge in [-0.1, -0.05) is 18.2 Å². The van der Waals surface area contributed by atoms with E-state index < -0.39 is 0 Å². The third kappa shape index (κ3) is 4.97. The number of benzene rings is 2. The maximum atomic E-state index is 11.5. The summed E-state index contributed by atoms with van der Waals surface area (Å²) in [5, 5.41) is 6.41. The van der Waals surface area contributed by atoms with Gasteiger partial charge < -0.3 is 20.1 Å². The van der Waals surface area contributed by atoms with Gasteiger partial charge in [-0.3, -0.25) is 0 Å². The molecule has 0 unspecified atom stereocenters. The molecule has 0 aliphatic heterocycles. The number of nitrogens with zero attached hydrogens (tertiary/aromatic N) is 2. The number of nitrogens with one attached hydrogen (secondary N) is 2. The van der Waals surface area contributed by atoms with Crippen LogP contribution in [0.4, 0.5) is 17.5 Å². The number of hydrogen-bond acceptors (Lipinski definition) is 7. The minimum absolute atomic E-state index is 0.371. The highest BCUT2D eigenvalue weighted by atomic mass is 16.5. The molecule has 0 bridgehead atoms. The van der Waals surface area contributed by atoms with E-state index >= 15 is 0 Å². The molecule has 0 atom stereocenters. The third-order valence-electron chi connectivity index (χ3n) is 4.11. The van der Waals surface area contributed by atoms with Crippen LogP contribution in [-0.4, -0.2) is 36.7 Å². The molecule has 0 saturated carbocycles. The zero-order chi connectivity index (χ0) is 19.8. The second kappa shape index (κ2) is 9.36. The van der Waals surface area contributed by atoms with Crippen molar-refractivity contribution in [3.8, 4) is 5.75 Å². The lowest BCUT2D eigenvalue weighted by molar-refractivity contribution is 0.0601. The SMILES string of the molecule is COC(=O)c1ccc(Nc2nccc(NCCc3ccccc3OC)n2)cc1. The smallest absolute Gasteiger partial charge is 0.337 e. The third-order valence-corrected chi connectivity index (χ3v) is 4.11. The molecule has 0 amide bonds. The molecular weight excluding hydrogens is 356 g/mol. The largest absolute Gasteiger partial charge is 0.496 e. The van der Waals surface area contributed by atoms with Gasteiger partial charge >= 0.3 is 5.97 Å². The Hall–Kier alpha value is -3.61. The number of para-hydroxylation sites is 1. The van der Waals surface area contributed by atoms with Gasteiger partial charge in [0.25, 0.3) is 0 Å². The number of rotatable bonds is 8. The van der Waals surface area contributed by atoms with Crippen molar-refractivity contribution in [3.05, 3.63) is 71.9 Å². The van der Waals surface area contributed by atoms with Crippen molar-refractivity contribution >= 4 is 23.4 Å². The Labute approximate surface area is 163 Å². The van der Waals surface area contributed by atoms with Crippen molar-refractivity contribution in [1.82, 2.24) is 9.97 Å². The molecule has 3 rings (SSSR count). The zero-order valence-electron chi connectivity index (χ0n) is 15.8. The fourth-order valence-corrected chi connectivity index (χ4v) is 2.69. The fourth-order valence-electron chi connectivity index (χ4n) is 2.69. The number of aromatic nitrogens is 2. The first-order chi connectivity index (χ1) is 13.7. The fraction of sp³-hybridized carbons (Fsp3) is 0.190. The average molecular weight is 378 g/mol. The number of carbonyl (C=O) groups is 1. The molecule has 3 aromatic rings. The molecule has 7 nitrogen and oxygen atoms in total. The first-order valence-corrected chi connectivity index (χ1v) is 8.84. The molecule has 1 aromatic heterocycles. The summed E-state index contributed by atoms with van der Waals surface area (Å²) in [7, 11) is 3.03. The zero-order valence-corrected chi connectivity index (χ0v) is 15.8. The van der Waals surface area contributed by atoms with Crippen LogP contribution in [0.1, 0.15) is 15.9 Å². The van der Waals surface area contributed by atoms with E-state index in [1.165, 1.54) is 7.11 Å². The summed E-state index contributed by atoms with van der Waals surface area (Å²) in [5.74, 6) is 1.69. The molecule has 7 heteroatoms. The van der Waals surface area contributed by atoms with Crippen LogP contribution in [-0.2, 0) is 11.2 Å². The monoisotopic (exact) mass is 378 g/mol. The normalized spacial score (nSPS) is 10.2. The maximum Gasteiger partial charge on any atom is 0.337 e. The Bertz CT molecular complexity index is 929. The van der Waals surface area contributed by atoms with Crippen molar-refractivity contribution in [2.24, 2.45) is 0 Å². The Kier molecular flexibility index (Phi) is 6.41. The number of hydrogen-bond donors (Lipinski definition) is 2. The Morgan fingerprint density at radius 3 is 2.57 bits per heavy atom. The van der Waals surface area contributed by atoms with Gasteiger partial charge in [-0.15, -0.1) is 0 Å². The lowest BCUT2D eigenvalue weighted by Crippen LogP contribution is -2.08. The van der Waals surface area contributed by atoms with E-state index in [9.17, 15) is 4.79 Å². The predicted octanol–water partition coefficient (Wildman–Crippen LogP) is 3.67. The van der Waals surface area contributed by atoms with E-state index in [1.807, 2.05) is 30.3 Å². The van der Waals surface area contributed by atoms with Crippen LogP contribution >= 0.6 is 0 Å². The van der Waals surface area contributed by atoms with E-state index in [0.29, 0.717) is 18.1 Å². The number of methoxy groups -OCH3 is 2. The molecule has 0 radical (unpaired) electrons. The van der Waals surface area contributed by atoms with Gasteiger partial charge in [-0.25, -0.2) is 9.78 Å². The van der Waals surface area contributed by atoms with Crippen molar-refractivity contribution in [3.63, 3.8) is 0 Å². The number of ether oxygens (including phenoxy) is 2. The molecule has 0 saturated heterocycles. The lowest BCUT2D eigenvalue weighted by atomic mass is 10.1. The van der Waals surface area contributed by atoms with Crippen molar-refractivity contribution < 1.29 is 14.3 Å². The predicted molar refractivity (Wildman–Crippen MR) is 108 cm³/mol. The molecule has 0 aliphatic rings. The Morgan fingerprint density at radius 2 is 1.82 bits per heavy atom. The van der Waals surface area contributed by atoms with Crippen LogP contribution in [0, 0.1) is 0 Å². The van der Waals surface area contributed by atoms with Crippen molar-refractivity contribution in [2.45, 2.75) is 6.42 Å². The second-order valence-electron chi connectivity index (χ2n) is 5.95. The standard InChI is InChI=1S/C21H22N4O3/c1-27-18-6-4-3-5-15(18)11-13-22-19-12-14-23-21(25-19)24-17-9-7-16(8-10-17)20(26)28-2/h3-10,12,14H,11,13H2,1-2H3,(H2,22,23,24,25). The summed E-state index contributed by atoms with van der Waals surface area (Å²) in [6.07, 6.45) is 2.50. The highest BCUT2D eigenvalue weighted by Gasteiger charge is 2.06. The van der Waals surface area contributed by atoms with Gasteiger partial charge in [0.15, 0.2) is 0 Å². The average Bonchev–Trinajstić information content (AvgIpc) is 2.74. The van der Waals surface area contributed by atoms with Gasteiger partial charge in [0, 0.05) is 18.4 Å². The first-order valence-electron chi connectivity index (χ1n) is 8.84. The summed E-state index contributed by atoms with van der Waals surface area (Å²) >= 11 is 0. The molecule has 1 heterocycles. The van der Waals surface area contributed by atoms with Crippen LogP contribution in [0.5, 0.6) is 5.75 Å². The van der Waals surface area contributed by atoms with Gasteiger partial charge in [0.1, 0.15) is 11.6 Å². The van der Waals surface area contributed by atoms with Crippen LogP contribution in [0.3, 0.4) is 0 Å². The van der Waals surface area contributed by atoms with E-state index in [2.05, 4.69) is 20.6 Å². The highest BCUT2D eigenvalue weighted by molar-refractivity contribution is 5.89. The van der Waals surface area contributed by atoms with Crippen LogP contribution in [0.15, 0.2) is 60.8 Å². The van der Waals surface area contributed by atoms with Crippen LogP contribution in [0.25, 0.3) is 0 Å². The van der Waals surface area contributed by atoms with Gasteiger partial charge in [0.05, 0.1) is 19.8 Å². The number of anilines is 3. The van der Waals surface area contributed by atoms with E-state index in [1.54, 1.807) is 37.6 Å². The quantitative estimate of drug-likeness (QED) is 0.579. The maximum absolute atomic E-state index is 11.5. The summed E-state index contributed by atoms with van der Waals surface area (Å²) in [6, 6.07) is 16.7. The van der Waals surface area contributed by atoms with Crippen LogP contribution in [0.2, 0.25) is 0 Å². The van der Waals surface area contributed by atoms with Gasteiger partial charge in [-0.2, -0.15) is 4.98 Å². The lowest BCUT2D eigenvalue weighted by Gasteiger charge is -2.10. The Balaban J connectivity index is 1.58. The van der Waals surface area contributed by atoms with Gasteiger partial charge in [-0.05, 0) is 48.4 Å². The van der Waals surface area contributed by atoms with E-state index in [-0.39, 0.29) is 5.97 Å². The summed E-state index contributed by atoms with van der Waals surface area (Å²) in [5.41, 5.74) is 2.40. The topological polar surface area (TPSA) is 85.4 Å². The summed E-state index contributed by atoms with van der Waals surface area (Å²) in [4.78, 5) is 20.2. The molecule has 144 valence electrons. The van der Waals surface area contributed by atoms with E-state index in [4.69, 9.17) is 9.47 Å². The second-order valence-corrected chi connectivity index (χ2v) is 5.95. The van der Waals surface area contributed by atoms with Crippen LogP contribution < -0.4 is 15.4 Å². The Morgan fingerprint density at radius 1 is 1.04 bits per heavy atom. The molecule has 28 heavy (non-hydrogen) atoms. The van der Waals surface area contributed by atoms with Gasteiger partial charge in [0.2, 0.25) is 5.95 Å². The summed E-state index contributed by atoms with van der Waals surface area (Å²) < 4.78 is 10.1. The molecule has 2 N–H and O–H groups in total. The molecule has 0 spiro atoms.